The van der Waals surface area contributed by atoms with E-state index in [1.54, 1.807) is 36.4 Å². The number of aliphatic carboxylic acids is 4. The number of carboxylic acids is 4. The number of pyridine rings is 4. The minimum atomic E-state index is -5.08. The lowest BCUT2D eigenvalue weighted by Gasteiger charge is -2.20. The summed E-state index contributed by atoms with van der Waals surface area (Å²) in [6.45, 7) is 4.51. The average Bonchev–Trinajstić information content (AvgIpc) is 0.714. The Morgan fingerprint density at radius 1 is 0.356 bits per heavy atom. The van der Waals surface area contributed by atoms with Gasteiger partial charge < -0.3 is 50.2 Å². The standard InChI is InChI=1S/C55H70N10O8.4C2HF3O2/c1-58(2)24-14-28-62-48(66)34-18-20-36-44-42(34)38(52(62)70)32-40(46(44)54(72)64(50(36)68)30-16-26-60(5)6)56-22-12-10-9-11-13-23-57-41-33-39-43-35(49(67)63(53(39)71)29-15-25-59(3)4)19-21-37-45(43)47(41)55(73)65(51(37)69)31-17-27-61(7)8;4*3-2(4,5)1(6)7/h18-21,32-33,68-69H,9-17,22-31H2,1-8H3;4*(H,6,7). The molecule has 4 heterocycles. The molecule has 4 aromatic rings. The largest absolute Gasteiger partial charge is 0.494 e. The van der Waals surface area contributed by atoms with Gasteiger partial charge in [0.15, 0.2) is 0 Å². The molecular formula is C63H74F12N10O16. The van der Waals surface area contributed by atoms with Crippen LogP contribution in [0.4, 0.5) is 52.7 Å². The van der Waals surface area contributed by atoms with Gasteiger partial charge in [0.05, 0.1) is 32.6 Å². The van der Waals surface area contributed by atoms with Gasteiger partial charge in [0.25, 0.3) is 33.4 Å². The first-order valence-electron chi connectivity index (χ1n) is 30.6. The van der Waals surface area contributed by atoms with Crippen LogP contribution >= 0.6 is 0 Å². The number of aromatic nitrogens is 4. The van der Waals surface area contributed by atoms with Gasteiger partial charge in [-0.05, 0) is 157 Å². The summed E-state index contributed by atoms with van der Waals surface area (Å²) in [5, 5.41) is 55.1. The molecule has 0 bridgehead atoms. The number of unbranched alkanes of at least 4 members (excludes halogenated alkanes) is 4. The van der Waals surface area contributed by atoms with Gasteiger partial charge in [0.2, 0.25) is 11.8 Å². The number of rotatable bonds is 24. The predicted octanol–water partition coefficient (Wildman–Crippen LogP) is 5.83. The smallest absolute Gasteiger partial charge is 0.490 e. The normalized spacial score (nSPS) is 12.6. The number of aromatic hydroxyl groups is 2. The maximum Gasteiger partial charge on any atom is 0.490 e. The second kappa shape index (κ2) is 35.2. The fraction of sp³-hybridized carbons (Fsp3) is 0.492. The van der Waals surface area contributed by atoms with Crippen molar-refractivity contribution >= 4 is 67.0 Å². The first-order valence-corrected chi connectivity index (χ1v) is 30.6. The molecule has 0 spiro atoms. The van der Waals surface area contributed by atoms with Crippen molar-refractivity contribution in [2.75, 3.05) is 95.6 Å². The summed E-state index contributed by atoms with van der Waals surface area (Å²) in [5.74, 6) is -11.4. The molecule has 556 valence electrons. The minimum Gasteiger partial charge on any atom is -0.494 e. The maximum atomic E-state index is 14.4. The molecular weight excluding hydrogens is 1380 g/mol. The van der Waals surface area contributed by atoms with Crippen LogP contribution in [0.3, 0.4) is 0 Å². The lowest BCUT2D eigenvalue weighted by molar-refractivity contribution is -0.193. The van der Waals surface area contributed by atoms with E-state index in [9.17, 15) is 91.7 Å². The van der Waals surface area contributed by atoms with Gasteiger partial charge >= 0.3 is 48.6 Å². The van der Waals surface area contributed by atoms with Gasteiger partial charge in [-0.25, -0.2) is 19.2 Å². The molecule has 6 N–H and O–H groups in total. The Kier molecular flexibility index (Phi) is 29.2. The van der Waals surface area contributed by atoms with Crippen LogP contribution in [0.15, 0.2) is 75.2 Å². The Morgan fingerprint density at radius 3 is 0.842 bits per heavy atom. The third-order valence-corrected chi connectivity index (χ3v) is 15.1. The predicted molar refractivity (Wildman–Crippen MR) is 345 cm³/mol. The second-order valence-electron chi connectivity index (χ2n) is 23.9. The van der Waals surface area contributed by atoms with Crippen LogP contribution in [0.2, 0.25) is 0 Å². The van der Waals surface area contributed by atoms with E-state index in [2.05, 4.69) is 0 Å². The summed E-state index contributed by atoms with van der Waals surface area (Å²) in [7, 11) is 15.5. The second-order valence-corrected chi connectivity index (χ2v) is 23.9. The van der Waals surface area contributed by atoms with E-state index in [4.69, 9.17) is 49.6 Å². The number of alkyl halides is 12. The minimum absolute atomic E-state index is 0.204. The van der Waals surface area contributed by atoms with Gasteiger partial charge in [-0.3, -0.25) is 57.0 Å². The number of hydrogen-bond donors (Lipinski definition) is 6. The zero-order chi connectivity index (χ0) is 76.7. The van der Waals surface area contributed by atoms with Crippen LogP contribution in [0.25, 0.3) is 65.3 Å². The van der Waals surface area contributed by atoms with Crippen LogP contribution in [0.5, 0.6) is 11.8 Å². The van der Waals surface area contributed by atoms with Gasteiger partial charge in [0.1, 0.15) is 0 Å². The Balaban J connectivity index is 0.000000647. The molecule has 4 aliphatic rings. The highest BCUT2D eigenvalue weighted by molar-refractivity contribution is 6.16. The summed E-state index contributed by atoms with van der Waals surface area (Å²) < 4.78 is 132. The monoisotopic (exact) mass is 1450 g/mol. The van der Waals surface area contributed by atoms with Crippen LogP contribution in [0, 0.1) is 0 Å². The van der Waals surface area contributed by atoms with E-state index in [1.165, 1.54) is 18.3 Å². The molecule has 0 radical (unpaired) electrons. The van der Waals surface area contributed by atoms with Gasteiger partial charge in [-0.15, -0.1) is 0 Å². The highest BCUT2D eigenvalue weighted by Gasteiger charge is 2.40. The molecule has 0 amide bonds. The van der Waals surface area contributed by atoms with E-state index in [0.29, 0.717) is 132 Å². The van der Waals surface area contributed by atoms with Crippen LogP contribution in [-0.2, 0) is 45.4 Å². The summed E-state index contributed by atoms with van der Waals surface area (Å²) in [5.41, 5.74) is -1.27. The molecule has 8 rings (SSSR count). The van der Waals surface area contributed by atoms with Crippen molar-refractivity contribution in [3.8, 4) is 34.0 Å². The molecule has 2 aromatic heterocycles. The first kappa shape index (κ1) is 83.9. The summed E-state index contributed by atoms with van der Waals surface area (Å²) in [6, 6.07) is 9.92. The lowest BCUT2D eigenvalue weighted by Crippen LogP contribution is -2.37. The van der Waals surface area contributed by atoms with Gasteiger partial charge in [-0.2, -0.15) is 52.7 Å². The number of halogens is 12. The quantitative estimate of drug-likeness (QED) is 0.0235. The molecule has 0 atom stereocenters. The molecule has 0 saturated carbocycles. The highest BCUT2D eigenvalue weighted by Crippen LogP contribution is 2.39. The summed E-state index contributed by atoms with van der Waals surface area (Å²) >= 11 is 0. The Bertz CT molecular complexity index is 4310. The van der Waals surface area contributed by atoms with E-state index in [-0.39, 0.29) is 59.8 Å². The van der Waals surface area contributed by atoms with Crippen molar-refractivity contribution in [1.82, 2.24) is 37.9 Å². The topological polar surface area (TPSA) is 349 Å². The summed E-state index contributed by atoms with van der Waals surface area (Å²) in [6.07, 6.45) is -14.1. The molecule has 26 nitrogen and oxygen atoms in total. The molecule has 0 unspecified atom stereocenters. The molecule has 2 aliphatic carbocycles. The third-order valence-electron chi connectivity index (χ3n) is 15.1. The molecule has 0 saturated heterocycles. The summed E-state index contributed by atoms with van der Waals surface area (Å²) in [4.78, 5) is 138. The van der Waals surface area contributed by atoms with Crippen molar-refractivity contribution in [2.45, 2.75) is 109 Å². The molecule has 2 aliphatic heterocycles. The van der Waals surface area contributed by atoms with E-state index < -0.39 is 81.9 Å². The van der Waals surface area contributed by atoms with E-state index in [0.717, 1.165) is 19.3 Å². The van der Waals surface area contributed by atoms with Gasteiger partial charge in [-0.1, -0.05) is 19.3 Å². The van der Waals surface area contributed by atoms with E-state index >= 15 is 0 Å². The number of carboxylic acid groups (broad SMARTS) is 4. The molecule has 2 aromatic carbocycles. The molecule has 101 heavy (non-hydrogen) atoms. The van der Waals surface area contributed by atoms with Gasteiger partial charge in [0, 0.05) is 82.7 Å². The van der Waals surface area contributed by atoms with Crippen molar-refractivity contribution in [2.24, 2.45) is 9.98 Å². The molecule has 0 fully saturated rings. The van der Waals surface area contributed by atoms with Crippen LogP contribution in [0.1, 0.15) is 57.8 Å². The first-order chi connectivity index (χ1) is 46.7. The SMILES string of the molecule is CN(C)CCCn1c(O)c2ccc3c4c2c(c(=NCCCCCCCN=c2cc5c(=O)n(CCCN(C)C)c(=O)c6ccc7c(O)n(CCCN(C)C)c(=O)c2c7c6-5)cc-4c(=O)n(CCCN(C)C)c3=O)c1=O.O=C(O)C(F)(F)F.O=C(O)C(F)(F)F.O=C(O)C(F)(F)F.O=C(O)C(F)(F)F. The van der Waals surface area contributed by atoms with Crippen molar-refractivity contribution in [1.29, 1.82) is 0 Å². The number of nitrogens with zero attached hydrogens (tertiary/aromatic N) is 10. The highest BCUT2D eigenvalue weighted by atomic mass is 19.4. The lowest BCUT2D eigenvalue weighted by atomic mass is 9.90. The number of benzene rings is 4. The Hall–Kier alpha value is -9.56. The average molecular weight is 1460 g/mol. The Morgan fingerprint density at radius 2 is 0.594 bits per heavy atom. The Labute approximate surface area is 563 Å². The van der Waals surface area contributed by atoms with Crippen molar-refractivity contribution < 1.29 is 103 Å². The van der Waals surface area contributed by atoms with Crippen LogP contribution in [-0.4, -0.2) is 213 Å². The van der Waals surface area contributed by atoms with Crippen molar-refractivity contribution in [3.05, 3.63) is 109 Å². The maximum absolute atomic E-state index is 14.4. The molecule has 38 heteroatoms. The zero-order valence-corrected chi connectivity index (χ0v) is 55.7. The van der Waals surface area contributed by atoms with Crippen molar-refractivity contribution in [3.63, 3.8) is 0 Å². The zero-order valence-electron chi connectivity index (χ0n) is 55.7. The number of carbonyl (C=O) groups is 4. The fourth-order valence-electron chi connectivity index (χ4n) is 10.5. The van der Waals surface area contributed by atoms with Crippen LogP contribution < -0.4 is 44.1 Å². The number of hydrogen-bond acceptors (Lipinski definition) is 18. The fourth-order valence-corrected chi connectivity index (χ4v) is 10.5. The van der Waals surface area contributed by atoms with E-state index in [1.807, 2.05) is 76.0 Å². The third kappa shape index (κ3) is 21.7.